The summed E-state index contributed by atoms with van der Waals surface area (Å²) in [5.74, 6) is -0.277. The molecule has 128 valence electrons. The Bertz CT molecular complexity index is 314. The van der Waals surface area contributed by atoms with Gasteiger partial charge >= 0.3 is 6.18 Å². The zero-order chi connectivity index (χ0) is 14.6. The molecule has 21 heavy (non-hydrogen) atoms. The van der Waals surface area contributed by atoms with Crippen LogP contribution in [0.25, 0.3) is 0 Å². The summed E-state index contributed by atoms with van der Waals surface area (Å²) in [6, 6.07) is -2.24. The van der Waals surface area contributed by atoms with Gasteiger partial charge < -0.3 is 15.4 Å². The summed E-state index contributed by atoms with van der Waals surface area (Å²) in [6.45, 7) is 2.16. The number of piperazine rings is 1. The molecule has 1 aliphatic rings. The Labute approximate surface area is 134 Å². The second kappa shape index (κ2) is 9.68. The van der Waals surface area contributed by atoms with E-state index in [0.29, 0.717) is 0 Å². The summed E-state index contributed by atoms with van der Waals surface area (Å²) >= 11 is 0. The van der Waals surface area contributed by atoms with Gasteiger partial charge in [-0.05, 0) is 6.92 Å². The summed E-state index contributed by atoms with van der Waals surface area (Å²) < 4.78 is 42.5. The summed E-state index contributed by atoms with van der Waals surface area (Å²) in [6.07, 6.45) is -4.24. The van der Waals surface area contributed by atoms with E-state index >= 15 is 0 Å². The molecule has 0 aromatic carbocycles. The van der Waals surface area contributed by atoms with Gasteiger partial charge in [0.25, 0.3) is 0 Å². The van der Waals surface area contributed by atoms with Crippen molar-refractivity contribution in [2.75, 3.05) is 39.9 Å². The first-order chi connectivity index (χ1) is 8.77. The highest BCUT2D eigenvalue weighted by atomic mass is 35.5. The number of hydrogen-bond acceptors (Lipinski definition) is 4. The third-order valence-corrected chi connectivity index (χ3v) is 3.31. The highest BCUT2D eigenvalue weighted by Gasteiger charge is 2.41. The van der Waals surface area contributed by atoms with Crippen molar-refractivity contribution in [1.29, 1.82) is 0 Å². The quantitative estimate of drug-likeness (QED) is 0.813. The summed E-state index contributed by atoms with van der Waals surface area (Å²) in [4.78, 5) is 14.7. The van der Waals surface area contributed by atoms with Crippen molar-refractivity contribution in [2.45, 2.75) is 25.2 Å². The van der Waals surface area contributed by atoms with Gasteiger partial charge in [-0.15, -0.1) is 24.8 Å². The van der Waals surface area contributed by atoms with Crippen molar-refractivity contribution >= 4 is 30.7 Å². The van der Waals surface area contributed by atoms with Crippen LogP contribution in [-0.4, -0.2) is 73.9 Å². The molecular weight excluding hydrogens is 334 g/mol. The van der Waals surface area contributed by atoms with E-state index in [9.17, 15) is 18.0 Å². The molecule has 5 nitrogen and oxygen atoms in total. The van der Waals surface area contributed by atoms with Gasteiger partial charge in [-0.3, -0.25) is 9.69 Å². The predicted molar refractivity (Wildman–Crippen MR) is 78.0 cm³/mol. The number of alkyl halides is 3. The average Bonchev–Trinajstić information content (AvgIpc) is 2.36. The Hall–Kier alpha value is -0.280. The van der Waals surface area contributed by atoms with Crippen LogP contribution >= 0.6 is 24.8 Å². The Morgan fingerprint density at radius 1 is 1.24 bits per heavy atom. The van der Waals surface area contributed by atoms with Crippen LogP contribution in [0.15, 0.2) is 0 Å². The molecule has 1 rings (SSSR count). The summed E-state index contributed by atoms with van der Waals surface area (Å²) in [5.41, 5.74) is 5.61. The Balaban J connectivity index is 0. The average molecular weight is 356 g/mol. The normalized spacial score (nSPS) is 19.2. The molecule has 0 saturated carbocycles. The number of methoxy groups -OCH3 is 1. The van der Waals surface area contributed by atoms with Crippen molar-refractivity contribution < 1.29 is 22.7 Å². The lowest BCUT2D eigenvalue weighted by atomic mass is 10.2. The minimum absolute atomic E-state index is 0. The van der Waals surface area contributed by atoms with Crippen LogP contribution in [0.3, 0.4) is 0 Å². The summed E-state index contributed by atoms with van der Waals surface area (Å²) in [7, 11) is 1.44. The van der Waals surface area contributed by atoms with E-state index in [4.69, 9.17) is 10.5 Å². The highest BCUT2D eigenvalue weighted by Crippen LogP contribution is 2.25. The smallest absolute Gasteiger partial charge is 0.383 e. The number of hydrogen-bond donors (Lipinski definition) is 1. The first kappa shape index (κ1) is 23.0. The molecule has 0 aromatic rings. The maximum absolute atomic E-state index is 12.6. The zero-order valence-electron chi connectivity index (χ0n) is 11.9. The number of amides is 1. The van der Waals surface area contributed by atoms with Crippen LogP contribution in [-0.2, 0) is 9.53 Å². The van der Waals surface area contributed by atoms with Gasteiger partial charge in [-0.2, -0.15) is 13.2 Å². The van der Waals surface area contributed by atoms with Crippen molar-refractivity contribution in [3.8, 4) is 0 Å². The maximum atomic E-state index is 12.6. The fourth-order valence-electron chi connectivity index (χ4n) is 2.02. The number of ether oxygens (including phenoxy) is 1. The minimum Gasteiger partial charge on any atom is -0.383 e. The minimum atomic E-state index is -4.24. The number of nitrogens with two attached hydrogens (primary N) is 1. The van der Waals surface area contributed by atoms with Gasteiger partial charge in [0.2, 0.25) is 5.91 Å². The van der Waals surface area contributed by atoms with Gasteiger partial charge in [0.05, 0.1) is 6.61 Å². The van der Waals surface area contributed by atoms with E-state index in [1.807, 2.05) is 0 Å². The third-order valence-electron chi connectivity index (χ3n) is 3.31. The molecule has 0 bridgehead atoms. The number of carbonyl (C=O) groups excluding carboxylic acids is 1. The molecular formula is C11H22Cl2F3N3O2. The molecule has 0 aliphatic carbocycles. The Morgan fingerprint density at radius 3 is 2.10 bits per heavy atom. The topological polar surface area (TPSA) is 58.8 Å². The van der Waals surface area contributed by atoms with Gasteiger partial charge in [0.15, 0.2) is 0 Å². The van der Waals surface area contributed by atoms with Gasteiger partial charge in [0, 0.05) is 33.3 Å². The molecule has 10 heteroatoms. The van der Waals surface area contributed by atoms with Crippen molar-refractivity contribution in [3.05, 3.63) is 0 Å². The highest BCUT2D eigenvalue weighted by molar-refractivity contribution is 5.85. The zero-order valence-corrected chi connectivity index (χ0v) is 13.6. The lowest BCUT2D eigenvalue weighted by Gasteiger charge is -2.39. The third kappa shape index (κ3) is 6.56. The van der Waals surface area contributed by atoms with Gasteiger partial charge in [-0.1, -0.05) is 0 Å². The molecule has 2 N–H and O–H groups in total. The number of carbonyl (C=O) groups is 1. The van der Waals surface area contributed by atoms with Crippen LogP contribution in [0.4, 0.5) is 13.2 Å². The molecule has 1 heterocycles. The molecule has 2 atom stereocenters. The van der Waals surface area contributed by atoms with Crippen LogP contribution in [0.1, 0.15) is 6.92 Å². The second-order valence-electron chi connectivity index (χ2n) is 4.64. The monoisotopic (exact) mass is 355 g/mol. The van der Waals surface area contributed by atoms with Crippen LogP contribution in [0, 0.1) is 0 Å². The van der Waals surface area contributed by atoms with E-state index in [-0.39, 0.29) is 63.5 Å². The Kier molecular flexibility index (Phi) is 10.6. The lowest BCUT2D eigenvalue weighted by molar-refractivity contribution is -0.183. The lowest BCUT2D eigenvalue weighted by Crippen LogP contribution is -2.57. The molecule has 0 radical (unpaired) electrons. The maximum Gasteiger partial charge on any atom is 0.403 e. The second-order valence-corrected chi connectivity index (χ2v) is 4.64. The molecule has 2 unspecified atom stereocenters. The molecule has 1 saturated heterocycles. The van der Waals surface area contributed by atoms with Crippen molar-refractivity contribution in [2.24, 2.45) is 5.73 Å². The first-order valence-electron chi connectivity index (χ1n) is 6.11. The van der Waals surface area contributed by atoms with Gasteiger partial charge in [-0.25, -0.2) is 0 Å². The van der Waals surface area contributed by atoms with Crippen LogP contribution in [0.2, 0.25) is 0 Å². The largest absolute Gasteiger partial charge is 0.403 e. The van der Waals surface area contributed by atoms with E-state index in [1.165, 1.54) is 16.9 Å². The van der Waals surface area contributed by atoms with E-state index in [2.05, 4.69) is 0 Å². The molecule has 0 spiro atoms. The molecule has 1 aliphatic heterocycles. The first-order valence-corrected chi connectivity index (χ1v) is 6.11. The summed E-state index contributed by atoms with van der Waals surface area (Å²) in [5, 5.41) is 0. The van der Waals surface area contributed by atoms with E-state index in [1.54, 1.807) is 0 Å². The fourth-order valence-corrected chi connectivity index (χ4v) is 2.02. The molecule has 1 amide bonds. The van der Waals surface area contributed by atoms with Crippen molar-refractivity contribution in [3.63, 3.8) is 0 Å². The van der Waals surface area contributed by atoms with E-state index in [0.717, 1.165) is 6.92 Å². The fraction of sp³-hybridized carbons (Fsp3) is 0.909. The standard InChI is InChI=1S/C11H20F3N3O2.2ClH/c1-8(11(12,13)14)16-3-5-17(6-4-16)10(18)9(15)7-19-2;;/h8-9H,3-7,15H2,1-2H3;2*1H. The molecule has 0 aromatic heterocycles. The van der Waals surface area contributed by atoms with Gasteiger partial charge in [0.1, 0.15) is 12.1 Å². The predicted octanol–water partition coefficient (Wildman–Crippen LogP) is 0.899. The molecule has 1 fully saturated rings. The number of nitrogens with zero attached hydrogens (tertiary/aromatic N) is 2. The number of halogens is 5. The Morgan fingerprint density at radius 2 is 1.71 bits per heavy atom. The van der Waals surface area contributed by atoms with Crippen molar-refractivity contribution in [1.82, 2.24) is 9.80 Å². The SMILES string of the molecule is COCC(N)C(=O)N1CCN(C(C)C(F)(F)F)CC1.Cl.Cl. The van der Waals surface area contributed by atoms with Crippen LogP contribution < -0.4 is 5.73 Å². The number of rotatable bonds is 4. The van der Waals surface area contributed by atoms with Crippen LogP contribution in [0.5, 0.6) is 0 Å². The van der Waals surface area contributed by atoms with E-state index < -0.39 is 18.3 Å².